The number of aliphatic imine (C=N–C) groups is 1. The molecule has 0 bridgehead atoms. The average Bonchev–Trinajstić information content (AvgIpc) is 2.94. The van der Waals surface area contributed by atoms with Crippen molar-refractivity contribution in [3.8, 4) is 0 Å². The lowest BCUT2D eigenvalue weighted by molar-refractivity contribution is -0.122. The molecule has 0 spiro atoms. The van der Waals surface area contributed by atoms with Crippen LogP contribution in [-0.2, 0) is 9.59 Å². The van der Waals surface area contributed by atoms with E-state index in [1.54, 1.807) is 0 Å². The van der Waals surface area contributed by atoms with Gasteiger partial charge in [0.1, 0.15) is 5.25 Å². The van der Waals surface area contributed by atoms with Gasteiger partial charge in [-0.15, -0.1) is 0 Å². The summed E-state index contributed by atoms with van der Waals surface area (Å²) >= 11 is 1.33. The summed E-state index contributed by atoms with van der Waals surface area (Å²) in [5.74, 6) is -0.325. The van der Waals surface area contributed by atoms with Gasteiger partial charge in [-0.2, -0.15) is 0 Å². The van der Waals surface area contributed by atoms with Crippen LogP contribution in [0.15, 0.2) is 47.5 Å². The molecular weight excluding hydrogens is 334 g/mol. The molecule has 1 aliphatic heterocycles. The average molecular weight is 355 g/mol. The van der Waals surface area contributed by atoms with Crippen molar-refractivity contribution in [2.24, 2.45) is 4.99 Å². The van der Waals surface area contributed by atoms with Crippen molar-refractivity contribution in [3.63, 3.8) is 0 Å². The van der Waals surface area contributed by atoms with Crippen molar-refractivity contribution in [2.45, 2.75) is 38.0 Å². The van der Waals surface area contributed by atoms with Gasteiger partial charge in [-0.25, -0.2) is 0 Å². The van der Waals surface area contributed by atoms with Crippen LogP contribution in [0.3, 0.4) is 0 Å². The second-order valence-electron chi connectivity index (χ2n) is 6.07. The fourth-order valence-electron chi connectivity index (χ4n) is 2.60. The normalized spacial score (nSPS) is 19.8. The summed E-state index contributed by atoms with van der Waals surface area (Å²) in [6, 6.07) is 13.8. The first kappa shape index (κ1) is 17.5. The fraction of sp³-hybridized carbons (Fsp3) is 0.316. The van der Waals surface area contributed by atoms with Gasteiger partial charge >= 0.3 is 0 Å². The van der Waals surface area contributed by atoms with E-state index in [2.05, 4.69) is 15.6 Å². The van der Waals surface area contributed by atoms with Crippen LogP contribution in [0.5, 0.6) is 0 Å². The van der Waals surface area contributed by atoms with Crippen molar-refractivity contribution in [3.05, 3.63) is 42.5 Å². The molecule has 130 valence electrons. The zero-order valence-corrected chi connectivity index (χ0v) is 15.1. The third-order valence-electron chi connectivity index (χ3n) is 4.14. The highest BCUT2D eigenvalue weighted by Crippen LogP contribution is 2.26. The maximum absolute atomic E-state index is 12.4. The van der Waals surface area contributed by atoms with Crippen LogP contribution in [-0.4, -0.2) is 28.3 Å². The number of thioether (sulfide) groups is 1. The first-order valence-electron chi connectivity index (χ1n) is 8.39. The van der Waals surface area contributed by atoms with Crippen LogP contribution in [0, 0.1) is 0 Å². The Morgan fingerprint density at radius 3 is 2.84 bits per heavy atom. The molecule has 2 aromatic carbocycles. The monoisotopic (exact) mass is 355 g/mol. The van der Waals surface area contributed by atoms with Crippen molar-refractivity contribution in [2.75, 3.05) is 5.32 Å². The Morgan fingerprint density at radius 2 is 2.04 bits per heavy atom. The summed E-state index contributed by atoms with van der Waals surface area (Å²) in [7, 11) is 0. The number of amides is 2. The summed E-state index contributed by atoms with van der Waals surface area (Å²) in [5.41, 5.74) is 0.764. The molecule has 2 N–H and O–H groups in total. The van der Waals surface area contributed by atoms with Gasteiger partial charge < -0.3 is 10.6 Å². The van der Waals surface area contributed by atoms with Gasteiger partial charge in [0.2, 0.25) is 11.8 Å². The van der Waals surface area contributed by atoms with Gasteiger partial charge in [0.05, 0.1) is 0 Å². The zero-order valence-electron chi connectivity index (χ0n) is 14.3. The van der Waals surface area contributed by atoms with Crippen LogP contribution < -0.4 is 10.6 Å². The first-order chi connectivity index (χ1) is 12.1. The van der Waals surface area contributed by atoms with Gasteiger partial charge in [-0.05, 0) is 24.8 Å². The number of anilines is 1. The van der Waals surface area contributed by atoms with Crippen LogP contribution in [0.25, 0.3) is 10.8 Å². The van der Waals surface area contributed by atoms with Crippen LogP contribution in [0.2, 0.25) is 0 Å². The molecule has 0 saturated carbocycles. The second kappa shape index (κ2) is 7.70. The summed E-state index contributed by atoms with van der Waals surface area (Å²) in [6.45, 7) is 4.05. The molecule has 25 heavy (non-hydrogen) atoms. The lowest BCUT2D eigenvalue weighted by Crippen LogP contribution is -2.28. The molecule has 0 radical (unpaired) electrons. The van der Waals surface area contributed by atoms with Gasteiger partial charge in [-0.3, -0.25) is 14.6 Å². The van der Waals surface area contributed by atoms with E-state index >= 15 is 0 Å². The third kappa shape index (κ3) is 4.20. The van der Waals surface area contributed by atoms with E-state index in [4.69, 9.17) is 0 Å². The van der Waals surface area contributed by atoms with Gasteiger partial charge in [0, 0.05) is 23.5 Å². The predicted molar refractivity (Wildman–Crippen MR) is 104 cm³/mol. The molecule has 6 heteroatoms. The quantitative estimate of drug-likeness (QED) is 0.861. The van der Waals surface area contributed by atoms with E-state index in [1.807, 2.05) is 56.3 Å². The minimum atomic E-state index is -0.433. The highest BCUT2D eigenvalue weighted by Gasteiger charge is 2.32. The number of hydrogen-bond acceptors (Lipinski definition) is 4. The molecule has 1 heterocycles. The fourth-order valence-corrected chi connectivity index (χ4v) is 3.67. The number of amidine groups is 1. The molecule has 2 amide bonds. The number of hydrogen-bond donors (Lipinski definition) is 2. The molecule has 2 atom stereocenters. The molecule has 0 unspecified atom stereocenters. The molecular formula is C19H21N3O2S. The molecule has 0 aromatic heterocycles. The van der Waals surface area contributed by atoms with Gasteiger partial charge in [-0.1, -0.05) is 55.1 Å². The van der Waals surface area contributed by atoms with E-state index in [-0.39, 0.29) is 24.3 Å². The van der Waals surface area contributed by atoms with E-state index < -0.39 is 5.25 Å². The molecule has 1 fully saturated rings. The van der Waals surface area contributed by atoms with Gasteiger partial charge in [0.15, 0.2) is 5.17 Å². The Morgan fingerprint density at radius 1 is 1.28 bits per heavy atom. The standard InChI is InChI=1S/C19H21N3O2S/c1-3-12(2)20-19-22-18(24)16(25-19)11-17(23)21-15-10-6-8-13-7-4-5-9-14(13)15/h4-10,12,16H,3,11H2,1-2H3,(H,21,23)(H,20,22,24)/t12-,16-/m0/s1. The Hall–Kier alpha value is -2.34. The minimum Gasteiger partial charge on any atom is -0.325 e. The maximum Gasteiger partial charge on any atom is 0.240 e. The summed E-state index contributed by atoms with van der Waals surface area (Å²) in [4.78, 5) is 28.9. The number of nitrogens with one attached hydrogen (secondary N) is 2. The predicted octanol–water partition coefficient (Wildman–Crippen LogP) is 3.55. The topological polar surface area (TPSA) is 70.6 Å². The summed E-state index contributed by atoms with van der Waals surface area (Å²) in [5, 5.41) is 7.92. The highest BCUT2D eigenvalue weighted by molar-refractivity contribution is 8.15. The first-order valence-corrected chi connectivity index (χ1v) is 9.27. The Bertz CT molecular complexity index is 829. The number of carbonyl (C=O) groups is 2. The number of rotatable bonds is 5. The second-order valence-corrected chi connectivity index (χ2v) is 7.26. The molecule has 5 nitrogen and oxygen atoms in total. The largest absolute Gasteiger partial charge is 0.325 e. The Balaban J connectivity index is 1.66. The SMILES string of the molecule is CC[C@H](C)N=C1NC(=O)[C@H](CC(=O)Nc2cccc3ccccc23)S1. The Labute approximate surface area is 151 Å². The van der Waals surface area contributed by atoms with Gasteiger partial charge in [0.25, 0.3) is 0 Å². The van der Waals surface area contributed by atoms with Crippen LogP contribution in [0.1, 0.15) is 26.7 Å². The van der Waals surface area contributed by atoms with E-state index in [0.29, 0.717) is 5.17 Å². The van der Waals surface area contributed by atoms with Crippen molar-refractivity contribution in [1.82, 2.24) is 5.32 Å². The number of carbonyl (C=O) groups excluding carboxylic acids is 2. The minimum absolute atomic E-state index is 0.124. The molecule has 2 aromatic rings. The van der Waals surface area contributed by atoms with Crippen molar-refractivity contribution >= 4 is 45.2 Å². The van der Waals surface area contributed by atoms with E-state index in [9.17, 15) is 9.59 Å². The summed E-state index contributed by atoms with van der Waals surface area (Å²) in [6.07, 6.45) is 1.03. The van der Waals surface area contributed by atoms with Crippen molar-refractivity contribution in [1.29, 1.82) is 0 Å². The lowest BCUT2D eigenvalue weighted by Gasteiger charge is -2.10. The Kier molecular flexibility index (Phi) is 5.38. The molecule has 1 saturated heterocycles. The van der Waals surface area contributed by atoms with Crippen molar-refractivity contribution < 1.29 is 9.59 Å². The highest BCUT2D eigenvalue weighted by atomic mass is 32.2. The van der Waals surface area contributed by atoms with Crippen LogP contribution in [0.4, 0.5) is 5.69 Å². The number of fused-ring (bicyclic) bond motifs is 1. The summed E-state index contributed by atoms with van der Waals surface area (Å²) < 4.78 is 0. The van der Waals surface area contributed by atoms with E-state index in [0.717, 1.165) is 22.9 Å². The zero-order chi connectivity index (χ0) is 17.8. The molecule has 3 rings (SSSR count). The number of benzene rings is 2. The number of nitrogens with zero attached hydrogens (tertiary/aromatic N) is 1. The maximum atomic E-state index is 12.4. The third-order valence-corrected chi connectivity index (χ3v) is 5.24. The van der Waals surface area contributed by atoms with Crippen LogP contribution >= 0.6 is 11.8 Å². The van der Waals surface area contributed by atoms with E-state index in [1.165, 1.54) is 11.8 Å². The molecule has 0 aliphatic carbocycles. The lowest BCUT2D eigenvalue weighted by atomic mass is 10.1. The smallest absolute Gasteiger partial charge is 0.240 e. The molecule has 1 aliphatic rings.